The van der Waals surface area contributed by atoms with E-state index in [4.69, 9.17) is 16.1 Å². The van der Waals surface area contributed by atoms with Crippen molar-refractivity contribution in [3.8, 4) is 11.4 Å². The summed E-state index contributed by atoms with van der Waals surface area (Å²) >= 11 is 6.07. The summed E-state index contributed by atoms with van der Waals surface area (Å²) in [4.78, 5) is 4.06. The summed E-state index contributed by atoms with van der Waals surface area (Å²) in [5, 5.41) is 4.23. The minimum absolute atomic E-state index is 0.0303. The fourth-order valence-corrected chi connectivity index (χ4v) is 4.01. The highest BCUT2D eigenvalue weighted by Crippen LogP contribution is 2.24. The Labute approximate surface area is 161 Å². The summed E-state index contributed by atoms with van der Waals surface area (Å²) in [5.74, 6) is 0.300. The van der Waals surface area contributed by atoms with Crippen molar-refractivity contribution in [1.29, 1.82) is 0 Å². The zero-order valence-corrected chi connectivity index (χ0v) is 16.3. The Morgan fingerprint density at radius 3 is 2.26 bits per heavy atom. The van der Waals surface area contributed by atoms with Crippen LogP contribution < -0.4 is 4.72 Å². The predicted octanol–water partition coefficient (Wildman–Crippen LogP) is 2.27. The number of nitrogens with one attached hydrogen (secondary N) is 1. The van der Waals surface area contributed by atoms with Crippen LogP contribution in [0, 0.1) is 0 Å². The standard InChI is InChI=1S/C16H14ClN3O5S2/c1-26(21,22)11-6-8-12(9-7-11)27(23,24)18-10-15-19-16(20-25-15)13-4-2-3-5-14(13)17/h2-9,18H,10H2,1H3. The minimum Gasteiger partial charge on any atom is -0.338 e. The smallest absolute Gasteiger partial charge is 0.242 e. The molecule has 0 saturated heterocycles. The molecule has 0 spiro atoms. The first kappa shape index (κ1) is 19.5. The second kappa shape index (κ2) is 7.39. The van der Waals surface area contributed by atoms with Crippen molar-refractivity contribution >= 4 is 31.5 Å². The van der Waals surface area contributed by atoms with E-state index < -0.39 is 19.9 Å². The van der Waals surface area contributed by atoms with Gasteiger partial charge in [-0.15, -0.1) is 0 Å². The molecule has 2 aromatic carbocycles. The summed E-state index contributed by atoms with van der Waals surface area (Å²) in [6.45, 7) is -0.229. The molecule has 0 fully saturated rings. The first-order chi connectivity index (χ1) is 12.7. The third-order valence-electron chi connectivity index (χ3n) is 3.56. The Morgan fingerprint density at radius 1 is 1.00 bits per heavy atom. The largest absolute Gasteiger partial charge is 0.338 e. The lowest BCUT2D eigenvalue weighted by atomic mass is 10.2. The van der Waals surface area contributed by atoms with Crippen LogP contribution in [-0.4, -0.2) is 33.2 Å². The molecule has 0 aliphatic rings. The van der Waals surface area contributed by atoms with Crippen LogP contribution in [0.1, 0.15) is 5.89 Å². The summed E-state index contributed by atoms with van der Waals surface area (Å²) < 4.78 is 54.9. The van der Waals surface area contributed by atoms with Gasteiger partial charge in [0, 0.05) is 11.8 Å². The van der Waals surface area contributed by atoms with Gasteiger partial charge >= 0.3 is 0 Å². The third-order valence-corrected chi connectivity index (χ3v) is 6.43. The molecule has 0 atom stereocenters. The van der Waals surface area contributed by atoms with Crippen LogP contribution in [0.2, 0.25) is 5.02 Å². The monoisotopic (exact) mass is 427 g/mol. The Hall–Kier alpha value is -2.27. The molecule has 1 N–H and O–H groups in total. The molecule has 8 nitrogen and oxygen atoms in total. The van der Waals surface area contributed by atoms with E-state index in [1.165, 1.54) is 24.3 Å². The molecule has 0 aliphatic heterocycles. The van der Waals surface area contributed by atoms with Crippen LogP contribution >= 0.6 is 11.6 Å². The van der Waals surface area contributed by atoms with Crippen LogP contribution in [0.5, 0.6) is 0 Å². The van der Waals surface area contributed by atoms with Crippen LogP contribution in [0.25, 0.3) is 11.4 Å². The van der Waals surface area contributed by atoms with E-state index >= 15 is 0 Å². The molecule has 0 bridgehead atoms. The van der Waals surface area contributed by atoms with Crippen molar-refractivity contribution < 1.29 is 21.4 Å². The van der Waals surface area contributed by atoms with Crippen molar-refractivity contribution in [2.75, 3.05) is 6.26 Å². The number of sulfonamides is 1. The molecule has 142 valence electrons. The lowest BCUT2D eigenvalue weighted by Gasteiger charge is -2.05. The van der Waals surface area contributed by atoms with E-state index in [-0.39, 0.29) is 28.1 Å². The van der Waals surface area contributed by atoms with E-state index in [1.54, 1.807) is 24.3 Å². The fraction of sp³-hybridized carbons (Fsp3) is 0.125. The van der Waals surface area contributed by atoms with Crippen LogP contribution in [0.3, 0.4) is 0 Å². The van der Waals surface area contributed by atoms with E-state index in [0.29, 0.717) is 10.6 Å². The minimum atomic E-state index is -3.88. The number of hydrogen-bond acceptors (Lipinski definition) is 7. The van der Waals surface area contributed by atoms with Crippen molar-refractivity contribution in [2.24, 2.45) is 0 Å². The van der Waals surface area contributed by atoms with Crippen LogP contribution in [0.15, 0.2) is 62.8 Å². The molecule has 27 heavy (non-hydrogen) atoms. The van der Waals surface area contributed by atoms with Crippen LogP contribution in [0.4, 0.5) is 0 Å². The summed E-state index contributed by atoms with van der Waals surface area (Å²) in [6, 6.07) is 11.8. The normalized spacial score (nSPS) is 12.2. The lowest BCUT2D eigenvalue weighted by molar-refractivity contribution is 0.376. The molecular weight excluding hydrogens is 414 g/mol. The highest BCUT2D eigenvalue weighted by molar-refractivity contribution is 7.90. The van der Waals surface area contributed by atoms with Gasteiger partial charge in [0.25, 0.3) is 0 Å². The molecule has 11 heteroatoms. The van der Waals surface area contributed by atoms with Crippen molar-refractivity contribution in [3.05, 3.63) is 59.4 Å². The molecule has 0 unspecified atom stereocenters. The van der Waals surface area contributed by atoms with Crippen LogP contribution in [-0.2, 0) is 26.4 Å². The average Bonchev–Trinajstić information content (AvgIpc) is 3.09. The fourth-order valence-electron chi connectivity index (χ4n) is 2.18. The summed E-state index contributed by atoms with van der Waals surface area (Å²) in [6.07, 6.45) is 1.04. The number of aromatic nitrogens is 2. The zero-order chi connectivity index (χ0) is 19.7. The number of nitrogens with zero attached hydrogens (tertiary/aromatic N) is 2. The van der Waals surface area contributed by atoms with E-state index in [0.717, 1.165) is 6.26 Å². The van der Waals surface area contributed by atoms with Gasteiger partial charge in [-0.25, -0.2) is 21.6 Å². The number of benzene rings is 2. The van der Waals surface area contributed by atoms with Gasteiger partial charge in [0.15, 0.2) is 9.84 Å². The SMILES string of the molecule is CS(=O)(=O)c1ccc(S(=O)(=O)NCc2nc(-c3ccccc3Cl)no2)cc1. The maximum atomic E-state index is 12.3. The molecule has 0 saturated carbocycles. The van der Waals surface area contributed by atoms with Gasteiger partial charge in [0.05, 0.1) is 21.4 Å². The summed E-state index contributed by atoms with van der Waals surface area (Å²) in [5.41, 5.74) is 0.563. The number of halogens is 1. The van der Waals surface area contributed by atoms with Gasteiger partial charge in [-0.3, -0.25) is 0 Å². The highest BCUT2D eigenvalue weighted by atomic mass is 35.5. The Balaban J connectivity index is 1.74. The Bertz CT molecular complexity index is 1170. The zero-order valence-electron chi connectivity index (χ0n) is 14.0. The molecule has 1 heterocycles. The molecule has 0 aliphatic carbocycles. The van der Waals surface area contributed by atoms with Crippen molar-refractivity contribution in [3.63, 3.8) is 0 Å². The molecule has 0 amide bonds. The highest BCUT2D eigenvalue weighted by Gasteiger charge is 2.18. The summed E-state index contributed by atoms with van der Waals surface area (Å²) in [7, 11) is -7.29. The Kier molecular flexibility index (Phi) is 5.33. The van der Waals surface area contributed by atoms with Gasteiger partial charge in [-0.2, -0.15) is 4.98 Å². The molecule has 3 aromatic rings. The first-order valence-corrected chi connectivity index (χ1v) is 11.3. The molecule has 0 radical (unpaired) electrons. The molecule has 1 aromatic heterocycles. The van der Waals surface area contributed by atoms with E-state index in [1.807, 2.05) is 0 Å². The van der Waals surface area contributed by atoms with Crippen molar-refractivity contribution in [2.45, 2.75) is 16.3 Å². The number of sulfone groups is 1. The lowest BCUT2D eigenvalue weighted by Crippen LogP contribution is -2.23. The predicted molar refractivity (Wildman–Crippen MR) is 98.3 cm³/mol. The first-order valence-electron chi connectivity index (χ1n) is 7.54. The third kappa shape index (κ3) is 4.53. The second-order valence-corrected chi connectivity index (χ2v) is 9.75. The van der Waals surface area contributed by atoms with Gasteiger partial charge < -0.3 is 4.52 Å². The maximum Gasteiger partial charge on any atom is 0.242 e. The van der Waals surface area contributed by atoms with Crippen molar-refractivity contribution in [1.82, 2.24) is 14.9 Å². The van der Waals surface area contributed by atoms with Gasteiger partial charge in [-0.1, -0.05) is 28.9 Å². The van der Waals surface area contributed by atoms with Gasteiger partial charge in [0.2, 0.25) is 21.7 Å². The quantitative estimate of drug-likeness (QED) is 0.640. The number of hydrogen-bond donors (Lipinski definition) is 1. The van der Waals surface area contributed by atoms with E-state index in [2.05, 4.69) is 14.9 Å². The molecule has 3 rings (SSSR count). The topological polar surface area (TPSA) is 119 Å². The van der Waals surface area contributed by atoms with Gasteiger partial charge in [-0.05, 0) is 36.4 Å². The average molecular weight is 428 g/mol. The molecular formula is C16H14ClN3O5S2. The second-order valence-electron chi connectivity index (χ2n) is 5.56. The maximum absolute atomic E-state index is 12.3. The van der Waals surface area contributed by atoms with Gasteiger partial charge in [0.1, 0.15) is 0 Å². The Morgan fingerprint density at radius 2 is 1.63 bits per heavy atom. The number of rotatable bonds is 6. The van der Waals surface area contributed by atoms with E-state index in [9.17, 15) is 16.8 Å².